The molecule has 0 saturated carbocycles. The second-order valence-corrected chi connectivity index (χ2v) is 3.07. The highest BCUT2D eigenvalue weighted by Gasteiger charge is 2.22. The van der Waals surface area contributed by atoms with Crippen LogP contribution in [0.25, 0.3) is 0 Å². The molecule has 0 amide bonds. The monoisotopic (exact) mass is 178 g/mol. The van der Waals surface area contributed by atoms with Crippen LogP contribution in [0.15, 0.2) is 30.3 Å². The van der Waals surface area contributed by atoms with E-state index in [1.54, 1.807) is 7.11 Å². The van der Waals surface area contributed by atoms with Crippen molar-refractivity contribution in [2.75, 3.05) is 25.1 Å². The van der Waals surface area contributed by atoms with Gasteiger partial charge in [-0.1, -0.05) is 18.2 Å². The van der Waals surface area contributed by atoms with Crippen LogP contribution in [0.3, 0.4) is 0 Å². The molecule has 0 aliphatic carbocycles. The van der Waals surface area contributed by atoms with Crippen molar-refractivity contribution in [2.24, 2.45) is 0 Å². The lowest BCUT2D eigenvalue weighted by atomic mass is 10.3. The standard InChI is InChI=1S/C10H14N2O/c1-13-10-11-7-8-12(10)9-5-3-2-4-6-9/h2-6,10-11H,7-8H2,1H3. The van der Waals surface area contributed by atoms with Gasteiger partial charge in [0, 0.05) is 25.9 Å². The number of nitrogens with zero attached hydrogens (tertiary/aromatic N) is 1. The van der Waals surface area contributed by atoms with Crippen molar-refractivity contribution in [3.8, 4) is 0 Å². The minimum atomic E-state index is 0.0300. The van der Waals surface area contributed by atoms with Crippen molar-refractivity contribution in [3.05, 3.63) is 30.3 Å². The van der Waals surface area contributed by atoms with Crippen LogP contribution in [0.4, 0.5) is 5.69 Å². The molecule has 70 valence electrons. The summed E-state index contributed by atoms with van der Waals surface area (Å²) in [4.78, 5) is 2.21. The van der Waals surface area contributed by atoms with E-state index in [2.05, 4.69) is 22.3 Å². The van der Waals surface area contributed by atoms with E-state index in [9.17, 15) is 0 Å². The molecule has 1 aliphatic rings. The normalized spacial score (nSPS) is 22.2. The lowest BCUT2D eigenvalue weighted by molar-refractivity contribution is 0.0935. The third-order valence-electron chi connectivity index (χ3n) is 2.27. The Morgan fingerprint density at radius 2 is 2.15 bits per heavy atom. The molecule has 1 aromatic rings. The van der Waals surface area contributed by atoms with E-state index in [0.717, 1.165) is 13.1 Å². The summed E-state index contributed by atoms with van der Waals surface area (Å²) >= 11 is 0. The third kappa shape index (κ3) is 1.66. The zero-order chi connectivity index (χ0) is 9.10. The van der Waals surface area contributed by atoms with Crippen LogP contribution in [-0.4, -0.2) is 26.6 Å². The summed E-state index contributed by atoms with van der Waals surface area (Å²) in [5, 5.41) is 3.26. The van der Waals surface area contributed by atoms with Crippen molar-refractivity contribution in [2.45, 2.75) is 6.35 Å². The molecule has 1 unspecified atom stereocenters. The number of ether oxygens (including phenoxy) is 1. The van der Waals surface area contributed by atoms with Crippen LogP contribution in [0.5, 0.6) is 0 Å². The van der Waals surface area contributed by atoms with Gasteiger partial charge in [-0.25, -0.2) is 0 Å². The largest absolute Gasteiger partial charge is 0.348 e. The van der Waals surface area contributed by atoms with Gasteiger partial charge in [-0.15, -0.1) is 0 Å². The molecule has 0 bridgehead atoms. The molecular formula is C10H14N2O. The lowest BCUT2D eigenvalue weighted by Crippen LogP contribution is -2.37. The maximum Gasteiger partial charge on any atom is 0.186 e. The average molecular weight is 178 g/mol. The van der Waals surface area contributed by atoms with Gasteiger partial charge in [-0.3, -0.25) is 5.32 Å². The van der Waals surface area contributed by atoms with Gasteiger partial charge in [0.15, 0.2) is 6.35 Å². The number of benzene rings is 1. The average Bonchev–Trinajstić information content (AvgIpc) is 2.67. The van der Waals surface area contributed by atoms with Gasteiger partial charge in [-0.2, -0.15) is 0 Å². The Kier molecular flexibility index (Phi) is 2.47. The maximum atomic E-state index is 5.29. The summed E-state index contributed by atoms with van der Waals surface area (Å²) in [6.07, 6.45) is 0.0300. The fraction of sp³-hybridized carbons (Fsp3) is 0.400. The predicted molar refractivity (Wildman–Crippen MR) is 52.6 cm³/mol. The van der Waals surface area contributed by atoms with Gasteiger partial charge in [0.05, 0.1) is 0 Å². The molecule has 0 spiro atoms. The minimum absolute atomic E-state index is 0.0300. The Balaban J connectivity index is 2.16. The van der Waals surface area contributed by atoms with Crippen molar-refractivity contribution in [1.82, 2.24) is 5.32 Å². The van der Waals surface area contributed by atoms with Gasteiger partial charge >= 0.3 is 0 Å². The molecule has 1 heterocycles. The molecule has 2 rings (SSSR count). The molecule has 1 N–H and O–H groups in total. The molecule has 3 heteroatoms. The molecule has 0 radical (unpaired) electrons. The third-order valence-corrected chi connectivity index (χ3v) is 2.27. The smallest absolute Gasteiger partial charge is 0.186 e. The van der Waals surface area contributed by atoms with Crippen LogP contribution in [0.1, 0.15) is 0 Å². The van der Waals surface area contributed by atoms with E-state index >= 15 is 0 Å². The first-order chi connectivity index (χ1) is 6.42. The Labute approximate surface area is 78.3 Å². The molecule has 13 heavy (non-hydrogen) atoms. The van der Waals surface area contributed by atoms with E-state index < -0.39 is 0 Å². The molecule has 1 fully saturated rings. The predicted octanol–water partition coefficient (Wildman–Crippen LogP) is 1.03. The number of para-hydroxylation sites is 1. The van der Waals surface area contributed by atoms with Crippen molar-refractivity contribution >= 4 is 5.69 Å². The minimum Gasteiger partial charge on any atom is -0.348 e. The summed E-state index contributed by atoms with van der Waals surface area (Å²) in [6.45, 7) is 1.98. The van der Waals surface area contributed by atoms with Gasteiger partial charge in [-0.05, 0) is 12.1 Å². The van der Waals surface area contributed by atoms with Gasteiger partial charge in [0.25, 0.3) is 0 Å². The fourth-order valence-electron chi connectivity index (χ4n) is 1.63. The summed E-state index contributed by atoms with van der Waals surface area (Å²) in [5.74, 6) is 0. The highest BCUT2D eigenvalue weighted by Crippen LogP contribution is 2.17. The second kappa shape index (κ2) is 3.77. The van der Waals surface area contributed by atoms with Crippen molar-refractivity contribution in [1.29, 1.82) is 0 Å². The molecule has 1 saturated heterocycles. The number of hydrogen-bond donors (Lipinski definition) is 1. The molecule has 1 aliphatic heterocycles. The SMILES string of the molecule is COC1NCCN1c1ccccc1. The van der Waals surface area contributed by atoms with Crippen LogP contribution in [0, 0.1) is 0 Å². The van der Waals surface area contributed by atoms with E-state index in [0.29, 0.717) is 0 Å². The van der Waals surface area contributed by atoms with Crippen LogP contribution < -0.4 is 10.2 Å². The van der Waals surface area contributed by atoms with E-state index in [1.807, 2.05) is 18.2 Å². The lowest BCUT2D eigenvalue weighted by Gasteiger charge is -2.24. The van der Waals surface area contributed by atoms with Crippen LogP contribution in [-0.2, 0) is 4.74 Å². The topological polar surface area (TPSA) is 24.5 Å². The highest BCUT2D eigenvalue weighted by atomic mass is 16.5. The van der Waals surface area contributed by atoms with Crippen molar-refractivity contribution in [3.63, 3.8) is 0 Å². The Morgan fingerprint density at radius 3 is 2.85 bits per heavy atom. The summed E-state index contributed by atoms with van der Waals surface area (Å²) in [6, 6.07) is 10.3. The number of nitrogens with one attached hydrogen (secondary N) is 1. The number of rotatable bonds is 2. The van der Waals surface area contributed by atoms with Gasteiger partial charge < -0.3 is 9.64 Å². The molecule has 1 atom stereocenters. The van der Waals surface area contributed by atoms with Gasteiger partial charge in [0.2, 0.25) is 0 Å². The maximum absolute atomic E-state index is 5.29. The van der Waals surface area contributed by atoms with Crippen molar-refractivity contribution < 1.29 is 4.74 Å². The van der Waals surface area contributed by atoms with Crippen LogP contribution >= 0.6 is 0 Å². The van der Waals surface area contributed by atoms with E-state index in [4.69, 9.17) is 4.74 Å². The zero-order valence-electron chi connectivity index (χ0n) is 7.73. The van der Waals surface area contributed by atoms with E-state index in [-0.39, 0.29) is 6.35 Å². The summed E-state index contributed by atoms with van der Waals surface area (Å²) in [7, 11) is 1.72. The number of hydrogen-bond acceptors (Lipinski definition) is 3. The fourth-order valence-corrected chi connectivity index (χ4v) is 1.63. The first-order valence-electron chi connectivity index (χ1n) is 4.49. The Hall–Kier alpha value is -1.06. The Morgan fingerprint density at radius 1 is 1.38 bits per heavy atom. The quantitative estimate of drug-likeness (QED) is 0.732. The number of anilines is 1. The molecule has 1 aromatic carbocycles. The first-order valence-corrected chi connectivity index (χ1v) is 4.49. The van der Waals surface area contributed by atoms with E-state index in [1.165, 1.54) is 5.69 Å². The number of methoxy groups -OCH3 is 1. The Bertz CT molecular complexity index is 263. The molecular weight excluding hydrogens is 164 g/mol. The molecule has 0 aromatic heterocycles. The highest BCUT2D eigenvalue weighted by molar-refractivity contribution is 5.47. The summed E-state index contributed by atoms with van der Waals surface area (Å²) < 4.78 is 5.29. The zero-order valence-corrected chi connectivity index (χ0v) is 7.73. The second-order valence-electron chi connectivity index (χ2n) is 3.07. The first kappa shape index (κ1) is 8.53. The van der Waals surface area contributed by atoms with Crippen LogP contribution in [0.2, 0.25) is 0 Å². The molecule has 3 nitrogen and oxygen atoms in total. The summed E-state index contributed by atoms with van der Waals surface area (Å²) in [5.41, 5.74) is 1.21. The van der Waals surface area contributed by atoms with Gasteiger partial charge in [0.1, 0.15) is 0 Å².